The van der Waals surface area contributed by atoms with Crippen LogP contribution in [0.5, 0.6) is 11.5 Å². The number of imidazole rings is 1. The minimum Gasteiger partial charge on any atom is -0.497 e. The van der Waals surface area contributed by atoms with Gasteiger partial charge in [-0.15, -0.1) is 0 Å². The van der Waals surface area contributed by atoms with E-state index in [0.717, 1.165) is 0 Å². The highest BCUT2D eigenvalue weighted by atomic mass is 19.4. The summed E-state index contributed by atoms with van der Waals surface area (Å²) in [6.45, 7) is -0.0313. The maximum atomic E-state index is 13.9. The monoisotopic (exact) mass is 625 g/mol. The summed E-state index contributed by atoms with van der Waals surface area (Å²) in [5, 5.41) is 0. The average Bonchev–Trinajstić information content (AvgIpc) is 3.39. The van der Waals surface area contributed by atoms with Gasteiger partial charge in [0, 0.05) is 28.8 Å². The number of nitrogens with two attached hydrogens (primary N) is 1. The van der Waals surface area contributed by atoms with E-state index in [-0.39, 0.29) is 29.6 Å². The van der Waals surface area contributed by atoms with Crippen molar-refractivity contribution in [2.45, 2.75) is 18.9 Å². The smallest absolute Gasteiger partial charge is 0.416 e. The van der Waals surface area contributed by atoms with Gasteiger partial charge in [-0.2, -0.15) is 26.3 Å². The third kappa shape index (κ3) is 6.64. The Balaban J connectivity index is 1.84. The molecule has 1 amide bonds. The van der Waals surface area contributed by atoms with Crippen molar-refractivity contribution >= 4 is 5.91 Å². The fourth-order valence-electron chi connectivity index (χ4n) is 4.86. The Hall–Kier alpha value is -5.26. The summed E-state index contributed by atoms with van der Waals surface area (Å²) >= 11 is 0. The lowest BCUT2D eigenvalue weighted by Gasteiger charge is -2.17. The van der Waals surface area contributed by atoms with Crippen LogP contribution in [0.4, 0.5) is 26.3 Å². The topological polar surface area (TPSA) is 79.4 Å². The van der Waals surface area contributed by atoms with Crippen molar-refractivity contribution in [2.75, 3.05) is 14.2 Å². The maximum Gasteiger partial charge on any atom is 0.416 e. The number of carbonyl (C=O) groups is 1. The zero-order chi connectivity index (χ0) is 32.5. The molecule has 0 spiro atoms. The number of nitrogens with zero attached hydrogens (tertiary/aromatic N) is 2. The number of carbonyl (C=O) groups excluding carboxylic acids is 1. The van der Waals surface area contributed by atoms with Crippen LogP contribution in [0.1, 0.15) is 27.0 Å². The molecule has 0 saturated heterocycles. The molecule has 0 atom stereocenters. The van der Waals surface area contributed by atoms with Gasteiger partial charge in [-0.05, 0) is 84.4 Å². The van der Waals surface area contributed by atoms with Crippen LogP contribution < -0.4 is 15.2 Å². The first-order chi connectivity index (χ1) is 21.3. The summed E-state index contributed by atoms with van der Waals surface area (Å²) < 4.78 is 95.5. The van der Waals surface area contributed by atoms with E-state index >= 15 is 0 Å². The minimum atomic E-state index is -5.06. The first-order valence-electron chi connectivity index (χ1n) is 13.4. The Morgan fingerprint density at radius 2 is 1.20 bits per heavy atom. The lowest BCUT2D eigenvalue weighted by atomic mass is 10.0. The second-order valence-corrected chi connectivity index (χ2v) is 10.0. The Morgan fingerprint density at radius 3 is 1.64 bits per heavy atom. The second-order valence-electron chi connectivity index (χ2n) is 10.0. The van der Waals surface area contributed by atoms with Crippen LogP contribution in [0.25, 0.3) is 33.9 Å². The summed E-state index contributed by atoms with van der Waals surface area (Å²) in [5.74, 6) is 0.272. The number of primary amides is 1. The molecule has 1 heterocycles. The number of halogens is 6. The number of ether oxygens (including phenoxy) is 2. The first kappa shape index (κ1) is 31.2. The van der Waals surface area contributed by atoms with Crippen LogP contribution in [0.15, 0.2) is 91.0 Å². The average molecular weight is 626 g/mol. The van der Waals surface area contributed by atoms with Crippen LogP contribution >= 0.6 is 0 Å². The quantitative estimate of drug-likeness (QED) is 0.177. The number of hydrogen-bond acceptors (Lipinski definition) is 4. The van der Waals surface area contributed by atoms with Crippen molar-refractivity contribution in [3.8, 4) is 45.4 Å². The number of rotatable bonds is 8. The normalized spacial score (nSPS) is 11.8. The zero-order valence-electron chi connectivity index (χ0n) is 23.8. The first-order valence-corrected chi connectivity index (χ1v) is 13.4. The SMILES string of the molecule is COc1ccc(-c2nc(-c3cc(C(F)(F)F)cc(C(F)(F)F)c3)n(Cc3ccc(C(N)=O)cc3)c2-c2ccc(OC)cc2)cc1. The van der Waals surface area contributed by atoms with Gasteiger partial charge >= 0.3 is 12.4 Å². The number of hydrogen-bond donors (Lipinski definition) is 1. The van der Waals surface area contributed by atoms with Crippen molar-refractivity contribution in [1.29, 1.82) is 0 Å². The van der Waals surface area contributed by atoms with Crippen molar-refractivity contribution in [3.63, 3.8) is 0 Å². The highest BCUT2D eigenvalue weighted by molar-refractivity contribution is 5.92. The Bertz CT molecular complexity index is 1790. The molecule has 0 radical (unpaired) electrons. The molecule has 232 valence electrons. The van der Waals surface area contributed by atoms with E-state index in [1.54, 1.807) is 65.2 Å². The van der Waals surface area contributed by atoms with Gasteiger partial charge in [-0.25, -0.2) is 4.98 Å². The van der Waals surface area contributed by atoms with Crippen LogP contribution in [0.2, 0.25) is 0 Å². The third-order valence-electron chi connectivity index (χ3n) is 7.12. The van der Waals surface area contributed by atoms with Crippen LogP contribution in [-0.2, 0) is 18.9 Å². The molecule has 4 aromatic carbocycles. The Labute approximate surface area is 253 Å². The summed E-state index contributed by atoms with van der Waals surface area (Å²) in [4.78, 5) is 16.3. The Morgan fingerprint density at radius 1 is 0.711 bits per heavy atom. The molecule has 12 heteroatoms. The summed E-state index contributed by atoms with van der Waals surface area (Å²) in [6.07, 6.45) is -10.1. The molecule has 0 saturated carbocycles. The number of methoxy groups -OCH3 is 2. The van der Waals surface area contributed by atoms with Gasteiger partial charge in [-0.3, -0.25) is 4.79 Å². The molecule has 0 aliphatic carbocycles. The van der Waals surface area contributed by atoms with Gasteiger partial charge in [-0.1, -0.05) is 12.1 Å². The van der Waals surface area contributed by atoms with Crippen LogP contribution in [0.3, 0.4) is 0 Å². The molecule has 45 heavy (non-hydrogen) atoms. The summed E-state index contributed by atoms with van der Waals surface area (Å²) in [5.41, 5.74) is 4.68. The van der Waals surface area contributed by atoms with E-state index in [2.05, 4.69) is 0 Å². The van der Waals surface area contributed by atoms with Crippen molar-refractivity contribution in [3.05, 3.63) is 113 Å². The molecule has 0 fully saturated rings. The minimum absolute atomic E-state index is 0.0313. The van der Waals surface area contributed by atoms with E-state index in [1.807, 2.05) is 0 Å². The predicted octanol–water partition coefficient (Wildman–Crippen LogP) is 8.09. The molecule has 0 aliphatic rings. The van der Waals surface area contributed by atoms with Gasteiger partial charge in [0.15, 0.2) is 0 Å². The molecule has 2 N–H and O–H groups in total. The van der Waals surface area contributed by atoms with Gasteiger partial charge in [0.1, 0.15) is 17.3 Å². The molecule has 1 aromatic heterocycles. The van der Waals surface area contributed by atoms with Gasteiger partial charge in [0.05, 0.1) is 36.7 Å². The number of amides is 1. The lowest BCUT2D eigenvalue weighted by molar-refractivity contribution is -0.143. The largest absolute Gasteiger partial charge is 0.497 e. The lowest BCUT2D eigenvalue weighted by Crippen LogP contribution is -2.12. The van der Waals surface area contributed by atoms with E-state index in [0.29, 0.717) is 51.7 Å². The zero-order valence-corrected chi connectivity index (χ0v) is 23.8. The van der Waals surface area contributed by atoms with E-state index in [9.17, 15) is 31.1 Å². The standard InChI is InChI=1S/C33H25F6N3O3/c1-44-26-11-7-20(8-12-26)28-29(21-9-13-27(45-2)14-10-21)42(18-19-3-5-22(6-4-19)30(40)43)31(41-28)23-15-24(32(34,35)36)17-25(16-23)33(37,38)39/h3-17H,18H2,1-2H3,(H2,40,43). The molecule has 5 rings (SSSR count). The van der Waals surface area contributed by atoms with Crippen molar-refractivity contribution < 1.29 is 40.6 Å². The number of alkyl halides is 6. The molecular weight excluding hydrogens is 600 g/mol. The van der Waals surface area contributed by atoms with E-state index < -0.39 is 29.4 Å². The van der Waals surface area contributed by atoms with E-state index in [1.165, 1.54) is 26.4 Å². The molecule has 5 aromatic rings. The maximum absolute atomic E-state index is 13.9. The van der Waals surface area contributed by atoms with Crippen molar-refractivity contribution in [2.24, 2.45) is 5.73 Å². The fourth-order valence-corrected chi connectivity index (χ4v) is 4.86. The molecule has 0 bridgehead atoms. The highest BCUT2D eigenvalue weighted by Gasteiger charge is 2.37. The third-order valence-corrected chi connectivity index (χ3v) is 7.12. The number of aromatic nitrogens is 2. The van der Waals surface area contributed by atoms with Gasteiger partial charge in [0.25, 0.3) is 0 Å². The summed E-state index contributed by atoms with van der Waals surface area (Å²) in [7, 11) is 2.97. The predicted molar refractivity (Wildman–Crippen MR) is 156 cm³/mol. The molecule has 0 unspecified atom stereocenters. The van der Waals surface area contributed by atoms with Gasteiger partial charge < -0.3 is 19.8 Å². The van der Waals surface area contributed by atoms with Crippen LogP contribution in [0, 0.1) is 0 Å². The molecule has 6 nitrogen and oxygen atoms in total. The fraction of sp³-hybridized carbons (Fsp3) is 0.152. The van der Waals surface area contributed by atoms with Crippen molar-refractivity contribution in [1.82, 2.24) is 9.55 Å². The highest BCUT2D eigenvalue weighted by Crippen LogP contribution is 2.42. The van der Waals surface area contributed by atoms with Gasteiger partial charge in [0.2, 0.25) is 5.91 Å². The molecular formula is C33H25F6N3O3. The van der Waals surface area contributed by atoms with E-state index in [4.69, 9.17) is 20.2 Å². The van der Waals surface area contributed by atoms with Crippen LogP contribution in [-0.4, -0.2) is 29.7 Å². The molecule has 0 aliphatic heterocycles. The number of benzene rings is 4. The second kappa shape index (κ2) is 12.0. The summed E-state index contributed by atoms with van der Waals surface area (Å²) in [6, 6.07) is 21.1. The Kier molecular flexibility index (Phi) is 8.33.